The number of hydrogen-bond acceptors (Lipinski definition) is 8. The Kier molecular flexibility index (Phi) is 22.5. The Balaban J connectivity index is 0.000000183. The van der Waals surface area contributed by atoms with Crippen LogP contribution in [-0.2, 0) is 25.5 Å². The summed E-state index contributed by atoms with van der Waals surface area (Å²) in [5.41, 5.74) is 2.46. The highest BCUT2D eigenvalue weighted by Gasteiger charge is 2.33. The van der Waals surface area contributed by atoms with E-state index in [-0.39, 0.29) is 18.6 Å². The number of hydrogen-bond donors (Lipinski definition) is 0. The lowest BCUT2D eigenvalue weighted by atomic mass is 9.77. The maximum Gasteiger partial charge on any atom is 0.104 e. The van der Waals surface area contributed by atoms with Gasteiger partial charge < -0.3 is 58.4 Å². The Labute approximate surface area is 378 Å². The molecule has 360 valence electrons. The number of ether oxygens (including phenoxy) is 4. The third kappa shape index (κ3) is 19.3. The molecule has 0 bridgehead atoms. The summed E-state index contributed by atoms with van der Waals surface area (Å²) in [7, 11) is 0. The zero-order chi connectivity index (χ0) is 45.2. The van der Waals surface area contributed by atoms with Crippen LogP contribution in [-0.4, -0.2) is 143 Å². The van der Waals surface area contributed by atoms with E-state index in [1.54, 1.807) is 0 Å². The Morgan fingerprint density at radius 2 is 0.871 bits per heavy atom. The summed E-state index contributed by atoms with van der Waals surface area (Å²) in [4.78, 5) is 0. The topological polar surface area (TPSA) is 129 Å². The van der Waals surface area contributed by atoms with Crippen molar-refractivity contribution in [1.29, 1.82) is 0 Å². The Bertz CT molecular complexity index is 1330. The summed E-state index contributed by atoms with van der Waals surface area (Å²) in [5.74, 6) is 5.88. The molecule has 0 amide bonds. The van der Waals surface area contributed by atoms with Gasteiger partial charge in [0.05, 0.1) is 72.5 Å². The largest absolute Gasteiger partial charge is 0.633 e. The van der Waals surface area contributed by atoms with Crippen LogP contribution in [0.4, 0.5) is 0 Å². The van der Waals surface area contributed by atoms with Crippen molar-refractivity contribution in [3.05, 3.63) is 56.2 Å². The SMILES string of the molecule is CC(C)C1CCC(C[N+]2([O-])CCOCC2)C1.CC(C)C1CCC(C[N+]2([O-])CCOCC2)CC1.CC(C)CC[N+]1([O-])CCOCC1.CC(C)c1ccc(C[N+]2([O-])CCOCC2)cc1. The normalized spacial score (nSPS) is 28.0. The van der Waals surface area contributed by atoms with E-state index in [0.717, 1.165) is 55.3 Å². The molecule has 12 heteroatoms. The van der Waals surface area contributed by atoms with Crippen molar-refractivity contribution < 1.29 is 37.5 Å². The predicted octanol–water partition coefficient (Wildman–Crippen LogP) is 9.23. The van der Waals surface area contributed by atoms with Crippen molar-refractivity contribution in [2.24, 2.45) is 41.4 Å². The summed E-state index contributed by atoms with van der Waals surface area (Å²) in [6, 6.07) is 8.44. The molecule has 6 aliphatic rings. The maximum absolute atomic E-state index is 12.5. The quantitative estimate of drug-likeness (QED) is 0.150. The van der Waals surface area contributed by atoms with Gasteiger partial charge in [0.2, 0.25) is 0 Å². The van der Waals surface area contributed by atoms with Gasteiger partial charge in [-0.1, -0.05) is 79.7 Å². The highest BCUT2D eigenvalue weighted by Crippen LogP contribution is 2.37. The van der Waals surface area contributed by atoms with Crippen LogP contribution in [0.3, 0.4) is 0 Å². The number of benzene rings is 1. The second kappa shape index (κ2) is 26.2. The van der Waals surface area contributed by atoms with Gasteiger partial charge in [-0.15, -0.1) is 0 Å². The third-order valence-electron chi connectivity index (χ3n) is 14.9. The average Bonchev–Trinajstić information content (AvgIpc) is 3.70. The molecule has 12 nitrogen and oxygen atoms in total. The summed E-state index contributed by atoms with van der Waals surface area (Å²) in [6.07, 6.45) is 10.1. The molecule has 4 aliphatic heterocycles. The molecule has 2 aliphatic carbocycles. The average molecular weight is 877 g/mol. The zero-order valence-corrected chi connectivity index (χ0v) is 40.8. The summed E-state index contributed by atoms with van der Waals surface area (Å²) >= 11 is 0. The molecular weight excluding hydrogens is 785 g/mol. The molecule has 0 spiro atoms. The molecule has 7 rings (SSSR count). The van der Waals surface area contributed by atoms with Crippen molar-refractivity contribution in [2.75, 3.05) is 125 Å². The summed E-state index contributed by atoms with van der Waals surface area (Å²) in [5, 5.41) is 49.1. The fourth-order valence-electron chi connectivity index (χ4n) is 10.1. The van der Waals surface area contributed by atoms with Gasteiger partial charge in [-0.3, -0.25) is 0 Å². The van der Waals surface area contributed by atoms with E-state index in [9.17, 15) is 20.8 Å². The van der Waals surface area contributed by atoms with Crippen LogP contribution in [0.15, 0.2) is 24.3 Å². The van der Waals surface area contributed by atoms with E-state index in [2.05, 4.69) is 79.7 Å². The molecular formula is C50H92N4O8. The van der Waals surface area contributed by atoms with Crippen molar-refractivity contribution in [3.63, 3.8) is 0 Å². The highest BCUT2D eigenvalue weighted by atomic mass is 16.6. The second-order valence-corrected chi connectivity index (χ2v) is 21.5. The highest BCUT2D eigenvalue weighted by molar-refractivity contribution is 5.24. The first-order chi connectivity index (χ1) is 29.4. The van der Waals surface area contributed by atoms with Gasteiger partial charge in [0.25, 0.3) is 0 Å². The van der Waals surface area contributed by atoms with E-state index >= 15 is 0 Å². The number of quaternary nitrogens is 4. The number of hydroxylamine groups is 12. The van der Waals surface area contributed by atoms with Crippen LogP contribution < -0.4 is 0 Å². The van der Waals surface area contributed by atoms with Crippen molar-refractivity contribution in [2.45, 2.75) is 119 Å². The van der Waals surface area contributed by atoms with E-state index < -0.39 is 0 Å². The van der Waals surface area contributed by atoms with Crippen LogP contribution in [0.25, 0.3) is 0 Å². The smallest absolute Gasteiger partial charge is 0.104 e. The molecule has 2 atom stereocenters. The van der Waals surface area contributed by atoms with Gasteiger partial charge in [0.15, 0.2) is 0 Å². The molecule has 1 aromatic carbocycles. The Morgan fingerprint density at radius 3 is 1.27 bits per heavy atom. The Hall–Kier alpha value is -1.26. The molecule has 0 N–H and O–H groups in total. The molecule has 2 unspecified atom stereocenters. The first-order valence-corrected chi connectivity index (χ1v) is 25.1. The van der Waals surface area contributed by atoms with Gasteiger partial charge in [-0.25, -0.2) is 0 Å². The van der Waals surface area contributed by atoms with Gasteiger partial charge >= 0.3 is 0 Å². The fourth-order valence-corrected chi connectivity index (χ4v) is 10.1. The van der Waals surface area contributed by atoms with E-state index in [1.807, 2.05) is 0 Å². The molecule has 0 radical (unpaired) electrons. The molecule has 1 aromatic rings. The van der Waals surface area contributed by atoms with Crippen LogP contribution in [0.2, 0.25) is 0 Å². The molecule has 62 heavy (non-hydrogen) atoms. The fraction of sp³-hybridized carbons (Fsp3) is 0.880. The molecule has 0 aromatic heterocycles. The Morgan fingerprint density at radius 1 is 0.484 bits per heavy atom. The molecule has 6 fully saturated rings. The minimum atomic E-state index is -0.138. The van der Waals surface area contributed by atoms with Gasteiger partial charge in [-0.2, -0.15) is 0 Å². The standard InChI is InChI=1S/C14H27NO2.C14H21NO2.C13H25NO2.C9H19NO2/c2*1-12(2)14-5-3-13(4-6-14)11-15(16)7-9-17-10-8-15;1-11(2)13-4-3-12(9-13)10-14(15)5-7-16-8-6-14;1-9(2)3-4-10(11)5-7-12-8-6-10/h12-14H,3-11H2,1-2H3;3-6,12H,7-11H2,1-2H3;11-13H,3-10H2,1-2H3;9H,3-8H2,1-2H3. The minimum Gasteiger partial charge on any atom is -0.633 e. The lowest BCUT2D eigenvalue weighted by Crippen LogP contribution is -2.53. The number of rotatable bonds is 12. The predicted molar refractivity (Wildman–Crippen MR) is 251 cm³/mol. The summed E-state index contributed by atoms with van der Waals surface area (Å²) < 4.78 is 20.8. The summed E-state index contributed by atoms with van der Waals surface area (Å²) in [6.45, 7) is 31.2. The van der Waals surface area contributed by atoms with Crippen LogP contribution in [0.1, 0.15) is 124 Å². The van der Waals surface area contributed by atoms with Crippen molar-refractivity contribution in [1.82, 2.24) is 0 Å². The number of nitrogens with zero attached hydrogens (tertiary/aromatic N) is 4. The van der Waals surface area contributed by atoms with Crippen LogP contribution in [0.5, 0.6) is 0 Å². The third-order valence-corrected chi connectivity index (χ3v) is 14.9. The first-order valence-electron chi connectivity index (χ1n) is 25.1. The number of morpholine rings is 4. The second-order valence-electron chi connectivity index (χ2n) is 21.5. The minimum absolute atomic E-state index is 0.00941. The molecule has 4 heterocycles. The lowest BCUT2D eigenvalue weighted by Gasteiger charge is -2.48. The monoisotopic (exact) mass is 877 g/mol. The molecule has 2 saturated carbocycles. The zero-order valence-electron chi connectivity index (χ0n) is 40.8. The van der Waals surface area contributed by atoms with Gasteiger partial charge in [0.1, 0.15) is 58.9 Å². The van der Waals surface area contributed by atoms with Crippen LogP contribution in [0, 0.1) is 62.3 Å². The van der Waals surface area contributed by atoms with Crippen molar-refractivity contribution in [3.8, 4) is 0 Å². The van der Waals surface area contributed by atoms with Crippen LogP contribution >= 0.6 is 0 Å². The maximum atomic E-state index is 12.5. The van der Waals surface area contributed by atoms with E-state index in [4.69, 9.17) is 18.9 Å². The van der Waals surface area contributed by atoms with Crippen molar-refractivity contribution >= 4 is 0 Å². The lowest BCUT2D eigenvalue weighted by molar-refractivity contribution is -0.901. The van der Waals surface area contributed by atoms with Gasteiger partial charge in [0, 0.05) is 17.4 Å². The van der Waals surface area contributed by atoms with E-state index in [1.165, 1.54) is 50.5 Å². The van der Waals surface area contributed by atoms with E-state index in [0.29, 0.717) is 135 Å². The molecule has 4 saturated heterocycles. The first kappa shape index (κ1) is 53.4. The van der Waals surface area contributed by atoms with Gasteiger partial charge in [-0.05, 0) is 92.4 Å².